The van der Waals surface area contributed by atoms with Gasteiger partial charge in [-0.1, -0.05) is 12.1 Å². The fourth-order valence-corrected chi connectivity index (χ4v) is 3.01. The Hall–Kier alpha value is -1.02. The standard InChI is InChI=1S/C16H23NO/c1-11(12-3-4-12)17-15-9-14(10-15)13-5-7-16(18-2)8-6-13/h5-8,11-12,14-15,17H,3-4,9-10H2,1-2H3. The molecular weight excluding hydrogens is 222 g/mol. The average molecular weight is 245 g/mol. The minimum Gasteiger partial charge on any atom is -0.497 e. The summed E-state index contributed by atoms with van der Waals surface area (Å²) in [6.07, 6.45) is 5.46. The molecule has 0 spiro atoms. The molecule has 0 amide bonds. The van der Waals surface area contributed by atoms with Gasteiger partial charge in [0.2, 0.25) is 0 Å². The maximum atomic E-state index is 5.20. The molecule has 1 unspecified atom stereocenters. The highest BCUT2D eigenvalue weighted by Gasteiger charge is 2.34. The van der Waals surface area contributed by atoms with Gasteiger partial charge in [-0.15, -0.1) is 0 Å². The molecule has 2 saturated carbocycles. The topological polar surface area (TPSA) is 21.3 Å². The van der Waals surface area contributed by atoms with Gasteiger partial charge in [0.25, 0.3) is 0 Å². The van der Waals surface area contributed by atoms with Crippen molar-refractivity contribution in [1.82, 2.24) is 5.32 Å². The molecule has 0 aromatic heterocycles. The summed E-state index contributed by atoms with van der Waals surface area (Å²) < 4.78 is 5.20. The predicted octanol–water partition coefficient (Wildman–Crippen LogP) is 3.33. The van der Waals surface area contributed by atoms with Crippen LogP contribution in [0.4, 0.5) is 0 Å². The van der Waals surface area contributed by atoms with E-state index in [9.17, 15) is 0 Å². The van der Waals surface area contributed by atoms with Crippen molar-refractivity contribution in [2.45, 2.75) is 50.6 Å². The lowest BCUT2D eigenvalue weighted by Gasteiger charge is -2.38. The third kappa shape index (κ3) is 2.54. The highest BCUT2D eigenvalue weighted by Crippen LogP contribution is 2.39. The van der Waals surface area contributed by atoms with Crippen LogP contribution in [0.5, 0.6) is 5.75 Å². The van der Waals surface area contributed by atoms with Gasteiger partial charge in [0, 0.05) is 12.1 Å². The molecule has 0 aliphatic heterocycles. The van der Waals surface area contributed by atoms with E-state index in [1.165, 1.54) is 31.2 Å². The second kappa shape index (κ2) is 4.93. The summed E-state index contributed by atoms with van der Waals surface area (Å²) >= 11 is 0. The first-order valence-electron chi connectivity index (χ1n) is 7.16. The van der Waals surface area contributed by atoms with Crippen molar-refractivity contribution in [3.63, 3.8) is 0 Å². The Morgan fingerprint density at radius 1 is 1.17 bits per heavy atom. The van der Waals surface area contributed by atoms with Gasteiger partial charge < -0.3 is 10.1 Å². The largest absolute Gasteiger partial charge is 0.497 e. The average Bonchev–Trinajstić information content (AvgIpc) is 3.17. The van der Waals surface area contributed by atoms with E-state index >= 15 is 0 Å². The summed E-state index contributed by atoms with van der Waals surface area (Å²) in [5, 5.41) is 3.78. The summed E-state index contributed by atoms with van der Waals surface area (Å²) in [5.41, 5.74) is 1.47. The molecule has 1 atom stereocenters. The van der Waals surface area contributed by atoms with Gasteiger partial charge in [0.15, 0.2) is 0 Å². The molecule has 98 valence electrons. The number of benzene rings is 1. The molecule has 0 bridgehead atoms. The lowest BCUT2D eigenvalue weighted by atomic mass is 9.75. The van der Waals surface area contributed by atoms with Gasteiger partial charge in [-0.05, 0) is 62.1 Å². The minimum absolute atomic E-state index is 0.729. The fraction of sp³-hybridized carbons (Fsp3) is 0.625. The third-order valence-corrected chi connectivity index (χ3v) is 4.55. The maximum Gasteiger partial charge on any atom is 0.118 e. The predicted molar refractivity (Wildman–Crippen MR) is 74.1 cm³/mol. The summed E-state index contributed by atoms with van der Waals surface area (Å²) in [4.78, 5) is 0. The molecule has 0 radical (unpaired) electrons. The molecule has 3 rings (SSSR count). The van der Waals surface area contributed by atoms with Crippen LogP contribution in [-0.4, -0.2) is 19.2 Å². The molecule has 2 heteroatoms. The fourth-order valence-electron chi connectivity index (χ4n) is 3.01. The molecule has 1 N–H and O–H groups in total. The minimum atomic E-state index is 0.729. The van der Waals surface area contributed by atoms with E-state index in [4.69, 9.17) is 4.74 Å². The zero-order chi connectivity index (χ0) is 12.5. The maximum absolute atomic E-state index is 5.20. The molecule has 18 heavy (non-hydrogen) atoms. The van der Waals surface area contributed by atoms with E-state index in [1.54, 1.807) is 7.11 Å². The third-order valence-electron chi connectivity index (χ3n) is 4.55. The molecule has 0 heterocycles. The van der Waals surface area contributed by atoms with E-state index in [0.29, 0.717) is 0 Å². The first-order valence-corrected chi connectivity index (χ1v) is 7.16. The van der Waals surface area contributed by atoms with Gasteiger partial charge in [0.05, 0.1) is 7.11 Å². The van der Waals surface area contributed by atoms with Crippen molar-refractivity contribution < 1.29 is 4.74 Å². The van der Waals surface area contributed by atoms with Gasteiger partial charge >= 0.3 is 0 Å². The van der Waals surface area contributed by atoms with Crippen molar-refractivity contribution in [3.05, 3.63) is 29.8 Å². The van der Waals surface area contributed by atoms with Crippen LogP contribution in [0.1, 0.15) is 44.1 Å². The number of hydrogen-bond donors (Lipinski definition) is 1. The Morgan fingerprint density at radius 3 is 2.39 bits per heavy atom. The van der Waals surface area contributed by atoms with E-state index in [0.717, 1.165) is 29.7 Å². The van der Waals surface area contributed by atoms with Crippen molar-refractivity contribution in [1.29, 1.82) is 0 Å². The number of methoxy groups -OCH3 is 1. The molecular formula is C16H23NO. The van der Waals surface area contributed by atoms with Crippen molar-refractivity contribution in [2.75, 3.05) is 7.11 Å². The lowest BCUT2D eigenvalue weighted by Crippen LogP contribution is -2.45. The molecule has 0 saturated heterocycles. The second-order valence-corrected chi connectivity index (χ2v) is 5.93. The van der Waals surface area contributed by atoms with Gasteiger partial charge in [0.1, 0.15) is 5.75 Å². The van der Waals surface area contributed by atoms with Crippen molar-refractivity contribution >= 4 is 0 Å². The first kappa shape index (κ1) is 12.0. The zero-order valence-electron chi connectivity index (χ0n) is 11.4. The lowest BCUT2D eigenvalue weighted by molar-refractivity contribution is 0.260. The van der Waals surface area contributed by atoms with Gasteiger partial charge in [-0.3, -0.25) is 0 Å². The van der Waals surface area contributed by atoms with Gasteiger partial charge in [-0.2, -0.15) is 0 Å². The van der Waals surface area contributed by atoms with Crippen LogP contribution in [0.25, 0.3) is 0 Å². The van der Waals surface area contributed by atoms with E-state index < -0.39 is 0 Å². The smallest absolute Gasteiger partial charge is 0.118 e. The summed E-state index contributed by atoms with van der Waals surface area (Å²) in [6.45, 7) is 2.35. The van der Waals surface area contributed by atoms with Crippen LogP contribution in [0.3, 0.4) is 0 Å². The Morgan fingerprint density at radius 2 is 1.83 bits per heavy atom. The monoisotopic (exact) mass is 245 g/mol. The van der Waals surface area contributed by atoms with Crippen LogP contribution < -0.4 is 10.1 Å². The molecule has 2 nitrogen and oxygen atoms in total. The number of hydrogen-bond acceptors (Lipinski definition) is 2. The summed E-state index contributed by atoms with van der Waals surface area (Å²) in [7, 11) is 1.72. The van der Waals surface area contributed by atoms with E-state index in [1.807, 2.05) is 0 Å². The van der Waals surface area contributed by atoms with Crippen LogP contribution in [0, 0.1) is 5.92 Å². The highest BCUT2D eigenvalue weighted by atomic mass is 16.5. The van der Waals surface area contributed by atoms with E-state index in [-0.39, 0.29) is 0 Å². The molecule has 2 aliphatic carbocycles. The SMILES string of the molecule is COc1ccc(C2CC(NC(C)C3CC3)C2)cc1. The zero-order valence-corrected chi connectivity index (χ0v) is 11.4. The Balaban J connectivity index is 1.48. The molecule has 2 fully saturated rings. The Bertz CT molecular complexity index is 390. The Kier molecular flexibility index (Phi) is 3.29. The number of ether oxygens (including phenoxy) is 1. The van der Waals surface area contributed by atoms with Crippen LogP contribution >= 0.6 is 0 Å². The highest BCUT2D eigenvalue weighted by molar-refractivity contribution is 5.30. The van der Waals surface area contributed by atoms with Crippen LogP contribution in [-0.2, 0) is 0 Å². The Labute approximate surface area is 110 Å². The number of rotatable bonds is 5. The summed E-state index contributed by atoms with van der Waals surface area (Å²) in [6, 6.07) is 10.0. The normalized spacial score (nSPS) is 28.6. The van der Waals surface area contributed by atoms with E-state index in [2.05, 4.69) is 36.5 Å². The molecule has 1 aromatic rings. The number of nitrogens with one attached hydrogen (secondary N) is 1. The summed E-state index contributed by atoms with van der Waals surface area (Å²) in [5.74, 6) is 2.67. The quantitative estimate of drug-likeness (QED) is 0.859. The second-order valence-electron chi connectivity index (χ2n) is 5.93. The van der Waals surface area contributed by atoms with Gasteiger partial charge in [-0.25, -0.2) is 0 Å². The van der Waals surface area contributed by atoms with Crippen molar-refractivity contribution in [2.24, 2.45) is 5.92 Å². The van der Waals surface area contributed by atoms with Crippen LogP contribution in [0.2, 0.25) is 0 Å². The molecule has 1 aromatic carbocycles. The van der Waals surface area contributed by atoms with Crippen molar-refractivity contribution in [3.8, 4) is 5.75 Å². The van der Waals surface area contributed by atoms with Crippen LogP contribution in [0.15, 0.2) is 24.3 Å². The molecule has 2 aliphatic rings. The first-order chi connectivity index (χ1) is 8.76.